The maximum atomic E-state index is 12.9. The normalized spacial score (nSPS) is 11.8. The molecule has 0 spiro atoms. The summed E-state index contributed by atoms with van der Waals surface area (Å²) >= 11 is 6.27. The molecule has 35 heavy (non-hydrogen) atoms. The van der Waals surface area contributed by atoms with Crippen LogP contribution in [0.2, 0.25) is 5.02 Å². The van der Waals surface area contributed by atoms with Crippen molar-refractivity contribution in [2.75, 3.05) is 6.61 Å². The Kier molecular flexibility index (Phi) is 7.31. The lowest BCUT2D eigenvalue weighted by molar-refractivity contribution is -0.124. The number of rotatable bonds is 8. The van der Waals surface area contributed by atoms with Gasteiger partial charge in [0.25, 0.3) is 5.91 Å². The van der Waals surface area contributed by atoms with Crippen LogP contribution in [-0.4, -0.2) is 37.8 Å². The molecule has 2 heterocycles. The second-order valence-corrected chi connectivity index (χ2v) is 8.59. The molecule has 0 saturated heterocycles. The van der Waals surface area contributed by atoms with Gasteiger partial charge in [-0.15, -0.1) is 0 Å². The molecule has 4 rings (SSSR count). The average Bonchev–Trinajstić information content (AvgIpc) is 3.39. The van der Waals surface area contributed by atoms with Gasteiger partial charge in [-0.2, -0.15) is 5.10 Å². The van der Waals surface area contributed by atoms with E-state index in [1.165, 1.54) is 0 Å². The number of halogens is 1. The molecule has 0 aliphatic heterocycles. The van der Waals surface area contributed by atoms with Crippen LogP contribution >= 0.6 is 11.6 Å². The minimum atomic E-state index is -0.603. The Morgan fingerprint density at radius 3 is 2.49 bits per heavy atom. The summed E-state index contributed by atoms with van der Waals surface area (Å²) in [7, 11) is 1.86. The molecule has 0 fully saturated rings. The fourth-order valence-electron chi connectivity index (χ4n) is 3.94. The summed E-state index contributed by atoms with van der Waals surface area (Å²) in [6.45, 7) is 3.52. The molecule has 1 atom stereocenters. The molecule has 2 aromatic carbocycles. The number of hydrogen-bond acceptors (Lipinski definition) is 5. The Morgan fingerprint density at radius 1 is 1.09 bits per heavy atom. The highest BCUT2D eigenvalue weighted by molar-refractivity contribution is 6.31. The molecule has 2 aromatic heterocycles. The van der Waals surface area contributed by atoms with Gasteiger partial charge >= 0.3 is 5.97 Å². The number of nitrogens with one attached hydrogen (secondary N) is 1. The van der Waals surface area contributed by atoms with Crippen LogP contribution in [0, 0.1) is 13.8 Å². The highest BCUT2D eigenvalue weighted by atomic mass is 35.5. The lowest BCUT2D eigenvalue weighted by Gasteiger charge is -2.19. The maximum absolute atomic E-state index is 12.9. The minimum Gasteiger partial charge on any atom is -0.452 e. The third kappa shape index (κ3) is 5.44. The van der Waals surface area contributed by atoms with E-state index in [0.29, 0.717) is 34.3 Å². The number of benzene rings is 2. The lowest BCUT2D eigenvalue weighted by Crippen LogP contribution is -2.34. The van der Waals surface area contributed by atoms with Crippen LogP contribution in [0.5, 0.6) is 0 Å². The van der Waals surface area contributed by atoms with E-state index in [4.69, 9.17) is 16.3 Å². The van der Waals surface area contributed by atoms with Crippen molar-refractivity contribution < 1.29 is 14.3 Å². The van der Waals surface area contributed by atoms with Gasteiger partial charge in [-0.3, -0.25) is 9.48 Å². The van der Waals surface area contributed by atoms with Gasteiger partial charge in [-0.05, 0) is 31.0 Å². The van der Waals surface area contributed by atoms with Crippen LogP contribution in [-0.2, 0) is 23.1 Å². The molecule has 1 N–H and O–H groups in total. The molecule has 180 valence electrons. The van der Waals surface area contributed by atoms with Crippen LogP contribution in [0.25, 0.3) is 0 Å². The van der Waals surface area contributed by atoms with E-state index in [-0.39, 0.29) is 0 Å². The number of amides is 1. The Labute approximate surface area is 208 Å². The number of aromatic nitrogens is 4. The molecule has 8 nitrogen and oxygen atoms in total. The van der Waals surface area contributed by atoms with Crippen molar-refractivity contribution in [1.82, 2.24) is 24.6 Å². The van der Waals surface area contributed by atoms with Gasteiger partial charge in [0.2, 0.25) is 0 Å². The van der Waals surface area contributed by atoms with Crippen LogP contribution in [0.15, 0.2) is 67.0 Å². The molecule has 0 aliphatic carbocycles. The van der Waals surface area contributed by atoms with Crippen molar-refractivity contribution in [3.63, 3.8) is 0 Å². The Morgan fingerprint density at radius 2 is 1.80 bits per heavy atom. The molecule has 0 radical (unpaired) electrons. The fourth-order valence-corrected chi connectivity index (χ4v) is 4.13. The third-order valence-corrected chi connectivity index (χ3v) is 6.12. The van der Waals surface area contributed by atoms with Crippen molar-refractivity contribution in [2.24, 2.45) is 7.05 Å². The summed E-state index contributed by atoms with van der Waals surface area (Å²) in [5, 5.41) is 8.02. The van der Waals surface area contributed by atoms with Crippen molar-refractivity contribution in [3.05, 3.63) is 106 Å². The Balaban J connectivity index is 1.44. The van der Waals surface area contributed by atoms with E-state index in [2.05, 4.69) is 15.4 Å². The second kappa shape index (κ2) is 10.6. The molecule has 0 saturated carbocycles. The quantitative estimate of drug-likeness (QED) is 0.376. The van der Waals surface area contributed by atoms with Gasteiger partial charge in [-0.25, -0.2) is 9.78 Å². The molecule has 4 aromatic rings. The van der Waals surface area contributed by atoms with Gasteiger partial charge in [0.1, 0.15) is 17.4 Å². The zero-order chi connectivity index (χ0) is 24.9. The van der Waals surface area contributed by atoms with Gasteiger partial charge in [-0.1, -0.05) is 60.1 Å². The van der Waals surface area contributed by atoms with Crippen LogP contribution < -0.4 is 5.32 Å². The largest absolute Gasteiger partial charge is 0.452 e. The summed E-state index contributed by atoms with van der Waals surface area (Å²) in [5.41, 5.74) is 3.26. The molecular weight excluding hydrogens is 466 g/mol. The number of hydrogen-bond donors (Lipinski definition) is 1. The van der Waals surface area contributed by atoms with Crippen molar-refractivity contribution in [3.8, 4) is 0 Å². The zero-order valence-electron chi connectivity index (χ0n) is 19.7. The second-order valence-electron chi connectivity index (χ2n) is 8.18. The van der Waals surface area contributed by atoms with Crippen LogP contribution in [0.1, 0.15) is 44.7 Å². The SMILES string of the molecule is Cc1nn(Cc2ccccc2Cl)c(C)c1C(=O)OCC(=O)NC(c1ccccc1)c1nccn1C. The maximum Gasteiger partial charge on any atom is 0.342 e. The number of imidazole rings is 1. The van der Waals surface area contributed by atoms with E-state index < -0.39 is 24.5 Å². The first kappa shape index (κ1) is 24.2. The Bertz CT molecular complexity index is 1350. The number of esters is 1. The summed E-state index contributed by atoms with van der Waals surface area (Å²) in [5.74, 6) is -0.369. The predicted molar refractivity (Wildman–Crippen MR) is 132 cm³/mol. The lowest BCUT2D eigenvalue weighted by atomic mass is 10.1. The zero-order valence-corrected chi connectivity index (χ0v) is 20.5. The van der Waals surface area contributed by atoms with E-state index >= 15 is 0 Å². The monoisotopic (exact) mass is 491 g/mol. The number of aryl methyl sites for hydroxylation is 2. The molecule has 0 bridgehead atoms. The summed E-state index contributed by atoms with van der Waals surface area (Å²) in [4.78, 5) is 30.0. The van der Waals surface area contributed by atoms with Gasteiger partial charge in [0.05, 0.1) is 17.9 Å². The standard InChI is InChI=1S/C26H26ClN5O3/c1-17-23(18(2)32(30-17)15-20-11-7-8-12-21(20)27)26(34)35-16-22(33)29-24(19-9-5-4-6-10-19)25-28-13-14-31(25)3/h4-14,24H,15-16H2,1-3H3,(H,29,33). The molecule has 9 heteroatoms. The Hall–Kier alpha value is -3.91. The van der Waals surface area contributed by atoms with E-state index in [9.17, 15) is 9.59 Å². The molecule has 1 amide bonds. The summed E-state index contributed by atoms with van der Waals surface area (Å²) < 4.78 is 8.91. The fraction of sp³-hybridized carbons (Fsp3) is 0.231. The van der Waals surface area contributed by atoms with Crippen molar-refractivity contribution >= 4 is 23.5 Å². The van der Waals surface area contributed by atoms with Gasteiger partial charge in [0.15, 0.2) is 6.61 Å². The summed E-state index contributed by atoms with van der Waals surface area (Å²) in [6, 6.07) is 16.5. The minimum absolute atomic E-state index is 0.341. The van der Waals surface area contributed by atoms with Crippen molar-refractivity contribution in [2.45, 2.75) is 26.4 Å². The van der Waals surface area contributed by atoms with Gasteiger partial charge in [0, 0.05) is 24.5 Å². The molecule has 1 unspecified atom stereocenters. The van der Waals surface area contributed by atoms with Crippen LogP contribution in [0.4, 0.5) is 0 Å². The molecular formula is C26H26ClN5O3. The highest BCUT2D eigenvalue weighted by Gasteiger charge is 2.24. The van der Waals surface area contributed by atoms with E-state index in [1.807, 2.05) is 72.4 Å². The topological polar surface area (TPSA) is 91.0 Å². The molecule has 0 aliphatic rings. The first-order valence-electron chi connectivity index (χ1n) is 11.1. The predicted octanol–water partition coefficient (Wildman–Crippen LogP) is 4.00. The third-order valence-electron chi connectivity index (χ3n) is 5.75. The first-order valence-corrected chi connectivity index (χ1v) is 11.5. The van der Waals surface area contributed by atoms with Gasteiger partial charge < -0.3 is 14.6 Å². The van der Waals surface area contributed by atoms with E-state index in [0.717, 1.165) is 11.1 Å². The number of nitrogens with zero attached hydrogens (tertiary/aromatic N) is 4. The number of ether oxygens (including phenoxy) is 1. The smallest absolute Gasteiger partial charge is 0.342 e. The van der Waals surface area contributed by atoms with Crippen LogP contribution in [0.3, 0.4) is 0 Å². The average molecular weight is 492 g/mol. The highest BCUT2D eigenvalue weighted by Crippen LogP contribution is 2.21. The number of carbonyl (C=O) groups is 2. The first-order chi connectivity index (χ1) is 16.8. The number of carbonyl (C=O) groups excluding carboxylic acids is 2. The summed E-state index contributed by atoms with van der Waals surface area (Å²) in [6.07, 6.45) is 3.48. The van der Waals surface area contributed by atoms with E-state index in [1.54, 1.807) is 24.7 Å². The van der Waals surface area contributed by atoms with Crippen molar-refractivity contribution in [1.29, 1.82) is 0 Å².